The molecule has 44 heavy (non-hydrogen) atoms. The Bertz CT molecular complexity index is 1790. The molecular weight excluding hydrogens is 534 g/mol. The fraction of sp³-hybridized carbons (Fsp3) is 0.171. The number of rotatable bonds is 8. The molecule has 0 unspecified atom stereocenters. The average molecular weight is 576 g/mol. The third-order valence-corrected chi connectivity index (χ3v) is 8.79. The molecule has 220 valence electrons. The lowest BCUT2D eigenvalue weighted by Crippen LogP contribution is -2.18. The fourth-order valence-electron chi connectivity index (χ4n) is 6.34. The molecule has 0 spiro atoms. The molecule has 0 saturated heterocycles. The average Bonchev–Trinajstić information content (AvgIpc) is 3.05. The van der Waals surface area contributed by atoms with Gasteiger partial charge in [-0.2, -0.15) is 0 Å². The molecule has 0 heterocycles. The van der Waals surface area contributed by atoms with E-state index in [4.69, 9.17) is 0 Å². The lowest BCUT2D eigenvalue weighted by atomic mass is 9.80. The molecule has 0 aromatic heterocycles. The Morgan fingerprint density at radius 1 is 0.386 bits per heavy atom. The number of para-hydroxylation sites is 2. The topological polar surface area (TPSA) is 9.72 Å². The van der Waals surface area contributed by atoms with Gasteiger partial charge in [0.1, 0.15) is 0 Å². The summed E-state index contributed by atoms with van der Waals surface area (Å²) in [4.78, 5) is 6.86. The van der Waals surface area contributed by atoms with Crippen LogP contribution in [0.5, 0.6) is 0 Å². The maximum atomic E-state index is 2.34. The number of benzene rings is 6. The van der Waals surface area contributed by atoms with Gasteiger partial charge in [0, 0.05) is 67.9 Å². The number of anilines is 5. The molecule has 0 aliphatic heterocycles. The summed E-state index contributed by atoms with van der Waals surface area (Å²) in [6, 6.07) is 48.8. The molecular formula is C41H41N3. The quantitative estimate of drug-likeness (QED) is 0.167. The SMILES string of the molecule is Cc1ccc(N(C)c2ccccc2C(c2ccccc2N(C)c2ccc(C)cc2)c2ccc(N(C)C)c3ccccc23)cc1. The zero-order chi connectivity index (χ0) is 30.8. The van der Waals surface area contributed by atoms with E-state index in [-0.39, 0.29) is 5.92 Å². The number of nitrogens with zero attached hydrogens (tertiary/aromatic N) is 3. The van der Waals surface area contributed by atoms with E-state index in [1.165, 1.54) is 67.0 Å². The van der Waals surface area contributed by atoms with Crippen molar-refractivity contribution in [3.63, 3.8) is 0 Å². The lowest BCUT2D eigenvalue weighted by molar-refractivity contribution is 0.965. The standard InChI is InChI=1S/C41H41N3/c1-29-19-23-31(24-20-29)43(5)39-17-11-9-15-36(39)41(35-27-28-38(42(3)4)34-14-8-7-13-33(34)35)37-16-10-12-18-40(37)44(6)32-25-21-30(2)22-26-32/h7-28,41H,1-6H3. The van der Waals surface area contributed by atoms with Gasteiger partial charge in [-0.1, -0.05) is 102 Å². The highest BCUT2D eigenvalue weighted by atomic mass is 15.1. The molecule has 6 aromatic rings. The van der Waals surface area contributed by atoms with Crippen molar-refractivity contribution >= 4 is 39.2 Å². The molecule has 3 heteroatoms. The van der Waals surface area contributed by atoms with Crippen molar-refractivity contribution in [3.05, 3.63) is 161 Å². The molecule has 0 bridgehead atoms. The molecule has 6 rings (SSSR count). The highest BCUT2D eigenvalue weighted by Crippen LogP contribution is 2.46. The molecule has 0 fully saturated rings. The van der Waals surface area contributed by atoms with Crippen molar-refractivity contribution in [1.82, 2.24) is 0 Å². The van der Waals surface area contributed by atoms with Crippen molar-refractivity contribution in [2.24, 2.45) is 0 Å². The van der Waals surface area contributed by atoms with Crippen LogP contribution in [0.4, 0.5) is 28.4 Å². The first-order valence-corrected chi connectivity index (χ1v) is 15.3. The van der Waals surface area contributed by atoms with Crippen LogP contribution in [0.1, 0.15) is 33.7 Å². The third-order valence-electron chi connectivity index (χ3n) is 8.79. The molecule has 0 amide bonds. The Balaban J connectivity index is 1.62. The minimum absolute atomic E-state index is 0.0238. The van der Waals surface area contributed by atoms with Gasteiger partial charge in [0.2, 0.25) is 0 Å². The summed E-state index contributed by atoms with van der Waals surface area (Å²) in [5.41, 5.74) is 12.3. The minimum Gasteiger partial charge on any atom is -0.377 e. The highest BCUT2D eigenvalue weighted by Gasteiger charge is 2.27. The second-order valence-electron chi connectivity index (χ2n) is 12.0. The van der Waals surface area contributed by atoms with Gasteiger partial charge in [-0.05, 0) is 78.4 Å². The molecule has 0 N–H and O–H groups in total. The first kappa shape index (κ1) is 29.1. The Morgan fingerprint density at radius 3 is 1.30 bits per heavy atom. The highest BCUT2D eigenvalue weighted by molar-refractivity contribution is 5.97. The molecule has 0 atom stereocenters. The van der Waals surface area contributed by atoms with Crippen molar-refractivity contribution in [3.8, 4) is 0 Å². The number of aryl methyl sites for hydroxylation is 2. The second-order valence-corrected chi connectivity index (χ2v) is 12.0. The van der Waals surface area contributed by atoms with E-state index < -0.39 is 0 Å². The minimum atomic E-state index is -0.0238. The first-order valence-electron chi connectivity index (χ1n) is 15.3. The summed E-state index contributed by atoms with van der Waals surface area (Å²) in [5, 5.41) is 2.53. The summed E-state index contributed by atoms with van der Waals surface area (Å²) >= 11 is 0. The van der Waals surface area contributed by atoms with Crippen LogP contribution in [-0.4, -0.2) is 28.2 Å². The summed E-state index contributed by atoms with van der Waals surface area (Å²) < 4.78 is 0. The Labute approximate surface area is 262 Å². The molecule has 0 aliphatic rings. The fourth-order valence-corrected chi connectivity index (χ4v) is 6.34. The van der Waals surface area contributed by atoms with Crippen LogP contribution in [0.2, 0.25) is 0 Å². The van der Waals surface area contributed by atoms with Crippen LogP contribution < -0.4 is 14.7 Å². The predicted molar refractivity (Wildman–Crippen MR) is 191 cm³/mol. The largest absolute Gasteiger partial charge is 0.377 e. The van der Waals surface area contributed by atoms with Crippen LogP contribution in [0.3, 0.4) is 0 Å². The van der Waals surface area contributed by atoms with Gasteiger partial charge in [-0.25, -0.2) is 0 Å². The van der Waals surface area contributed by atoms with E-state index in [9.17, 15) is 0 Å². The van der Waals surface area contributed by atoms with Crippen molar-refractivity contribution in [2.45, 2.75) is 19.8 Å². The molecule has 3 nitrogen and oxygen atoms in total. The summed E-state index contributed by atoms with van der Waals surface area (Å²) in [6.07, 6.45) is 0. The smallest absolute Gasteiger partial charge is 0.0450 e. The van der Waals surface area contributed by atoms with Gasteiger partial charge in [0.05, 0.1) is 0 Å². The normalized spacial score (nSPS) is 11.2. The molecule has 0 aliphatic carbocycles. The van der Waals surface area contributed by atoms with Crippen molar-refractivity contribution < 1.29 is 0 Å². The summed E-state index contributed by atoms with van der Waals surface area (Å²) in [7, 11) is 8.60. The van der Waals surface area contributed by atoms with E-state index in [0.717, 1.165) is 0 Å². The second kappa shape index (κ2) is 12.3. The van der Waals surface area contributed by atoms with Crippen molar-refractivity contribution in [2.75, 3.05) is 42.9 Å². The maximum Gasteiger partial charge on any atom is 0.0450 e. The third kappa shape index (κ3) is 5.54. The van der Waals surface area contributed by atoms with Crippen LogP contribution in [-0.2, 0) is 0 Å². The van der Waals surface area contributed by atoms with Gasteiger partial charge in [-0.15, -0.1) is 0 Å². The zero-order valence-electron chi connectivity index (χ0n) is 26.6. The van der Waals surface area contributed by atoms with Crippen LogP contribution in [0.15, 0.2) is 133 Å². The molecule has 6 aromatic carbocycles. The first-order chi connectivity index (χ1) is 21.3. The van der Waals surface area contributed by atoms with E-state index in [1.54, 1.807) is 0 Å². The molecule has 0 saturated carbocycles. The Morgan fingerprint density at radius 2 is 0.818 bits per heavy atom. The monoisotopic (exact) mass is 575 g/mol. The van der Waals surface area contributed by atoms with Gasteiger partial charge in [0.25, 0.3) is 0 Å². The van der Waals surface area contributed by atoms with E-state index in [2.05, 4.69) is 190 Å². The summed E-state index contributed by atoms with van der Waals surface area (Å²) in [5.74, 6) is -0.0238. The van der Waals surface area contributed by atoms with Crippen LogP contribution >= 0.6 is 0 Å². The van der Waals surface area contributed by atoms with Crippen molar-refractivity contribution in [1.29, 1.82) is 0 Å². The lowest BCUT2D eigenvalue weighted by Gasteiger charge is -2.32. The zero-order valence-corrected chi connectivity index (χ0v) is 26.6. The molecule has 0 radical (unpaired) electrons. The number of hydrogen-bond acceptors (Lipinski definition) is 3. The van der Waals surface area contributed by atoms with Gasteiger partial charge < -0.3 is 14.7 Å². The van der Waals surface area contributed by atoms with Gasteiger partial charge in [0.15, 0.2) is 0 Å². The van der Waals surface area contributed by atoms with Crippen LogP contribution in [0.25, 0.3) is 10.8 Å². The van der Waals surface area contributed by atoms with Crippen LogP contribution in [0, 0.1) is 13.8 Å². The van der Waals surface area contributed by atoms with E-state index >= 15 is 0 Å². The van der Waals surface area contributed by atoms with Gasteiger partial charge in [-0.3, -0.25) is 0 Å². The Hall–Kier alpha value is -5.02. The maximum absolute atomic E-state index is 2.34. The van der Waals surface area contributed by atoms with Gasteiger partial charge >= 0.3 is 0 Å². The van der Waals surface area contributed by atoms with E-state index in [0.29, 0.717) is 0 Å². The number of hydrogen-bond donors (Lipinski definition) is 0. The predicted octanol–water partition coefficient (Wildman–Crippen LogP) is 10.2. The van der Waals surface area contributed by atoms with E-state index in [1.807, 2.05) is 0 Å². The number of fused-ring (bicyclic) bond motifs is 1. The Kier molecular flexibility index (Phi) is 8.13. The summed E-state index contributed by atoms with van der Waals surface area (Å²) in [6.45, 7) is 4.27.